The lowest BCUT2D eigenvalue weighted by atomic mass is 10.2. The molecule has 0 aromatic rings. The molecule has 0 atom stereocenters. The maximum absolute atomic E-state index is 11.6. The minimum Gasteiger partial charge on any atom is -0.481 e. The quantitative estimate of drug-likeness (QED) is 0.631. The van der Waals surface area contributed by atoms with Crippen LogP contribution in [-0.4, -0.2) is 43.4 Å². The number of nitrogens with one attached hydrogen (secondary N) is 1. The van der Waals surface area contributed by atoms with Crippen LogP contribution in [0, 0.1) is 0 Å². The Balaban J connectivity index is 2.18. The molecule has 0 aliphatic carbocycles. The number of hydrogen-bond acceptors (Lipinski definition) is 3. The van der Waals surface area contributed by atoms with Crippen LogP contribution >= 0.6 is 0 Å². The van der Waals surface area contributed by atoms with Crippen LogP contribution in [-0.2, 0) is 15.0 Å². The van der Waals surface area contributed by atoms with E-state index in [0.717, 1.165) is 12.8 Å². The molecule has 0 radical (unpaired) electrons. The Labute approximate surface area is 95.8 Å². The fourth-order valence-electron chi connectivity index (χ4n) is 1.62. The summed E-state index contributed by atoms with van der Waals surface area (Å²) in [6.45, 7) is 1.49. The van der Waals surface area contributed by atoms with Crippen LogP contribution in [0.5, 0.6) is 0 Å². The Hall–Kier alpha value is -0.660. The molecule has 94 valence electrons. The van der Waals surface area contributed by atoms with Gasteiger partial charge in [0.05, 0.1) is 0 Å². The number of carboxylic acids is 1. The number of aliphatic carboxylic acids is 1. The van der Waals surface area contributed by atoms with E-state index in [2.05, 4.69) is 4.72 Å². The number of carbonyl (C=O) groups is 1. The minimum atomic E-state index is -3.32. The number of unbranched alkanes of at least 4 members (excludes halogenated alkanes) is 1. The van der Waals surface area contributed by atoms with Crippen molar-refractivity contribution in [1.82, 2.24) is 9.03 Å². The molecule has 1 aliphatic rings. The third-order valence-corrected chi connectivity index (χ3v) is 4.12. The average Bonchev–Trinajstić information content (AvgIpc) is 2.69. The summed E-state index contributed by atoms with van der Waals surface area (Å²) < 4.78 is 27.2. The lowest BCUT2D eigenvalue weighted by molar-refractivity contribution is -0.137. The molecule has 6 nitrogen and oxygen atoms in total. The SMILES string of the molecule is O=C(O)CCCCNS(=O)(=O)N1CCCC1. The Morgan fingerprint density at radius 3 is 2.44 bits per heavy atom. The van der Waals surface area contributed by atoms with E-state index in [0.29, 0.717) is 32.5 Å². The lowest BCUT2D eigenvalue weighted by Gasteiger charge is -2.15. The Bertz CT molecular complexity index is 322. The first-order valence-electron chi connectivity index (χ1n) is 5.49. The van der Waals surface area contributed by atoms with Crippen LogP contribution < -0.4 is 4.72 Å². The number of rotatable bonds is 7. The molecule has 16 heavy (non-hydrogen) atoms. The first-order chi connectivity index (χ1) is 7.52. The predicted octanol–water partition coefficient (Wildman–Crippen LogP) is 0.171. The van der Waals surface area contributed by atoms with Crippen molar-refractivity contribution in [3.63, 3.8) is 0 Å². The van der Waals surface area contributed by atoms with Gasteiger partial charge in [-0.2, -0.15) is 12.7 Å². The summed E-state index contributed by atoms with van der Waals surface area (Å²) in [5, 5.41) is 8.40. The van der Waals surface area contributed by atoms with Crippen molar-refractivity contribution in [3.8, 4) is 0 Å². The van der Waals surface area contributed by atoms with Gasteiger partial charge in [-0.3, -0.25) is 4.79 Å². The van der Waals surface area contributed by atoms with Gasteiger partial charge in [0.25, 0.3) is 10.2 Å². The van der Waals surface area contributed by atoms with E-state index in [1.807, 2.05) is 0 Å². The van der Waals surface area contributed by atoms with Crippen molar-refractivity contribution in [2.75, 3.05) is 19.6 Å². The second kappa shape index (κ2) is 6.17. The van der Waals surface area contributed by atoms with Crippen LogP contribution in [0.2, 0.25) is 0 Å². The number of carboxylic acid groups (broad SMARTS) is 1. The Morgan fingerprint density at radius 2 is 1.88 bits per heavy atom. The highest BCUT2D eigenvalue weighted by atomic mass is 32.2. The molecule has 0 aromatic heterocycles. The van der Waals surface area contributed by atoms with Gasteiger partial charge in [0.2, 0.25) is 0 Å². The molecular formula is C9H18N2O4S. The molecule has 0 amide bonds. The zero-order valence-corrected chi connectivity index (χ0v) is 10.0. The fourth-order valence-corrected chi connectivity index (χ4v) is 2.95. The van der Waals surface area contributed by atoms with Crippen molar-refractivity contribution in [2.24, 2.45) is 0 Å². The van der Waals surface area contributed by atoms with E-state index in [-0.39, 0.29) is 6.42 Å². The van der Waals surface area contributed by atoms with E-state index in [9.17, 15) is 13.2 Å². The molecule has 1 aliphatic heterocycles. The summed E-state index contributed by atoms with van der Waals surface area (Å²) in [6.07, 6.45) is 2.97. The van der Waals surface area contributed by atoms with Gasteiger partial charge in [-0.05, 0) is 25.7 Å². The van der Waals surface area contributed by atoms with Gasteiger partial charge in [0.15, 0.2) is 0 Å². The summed E-state index contributed by atoms with van der Waals surface area (Å²) in [6, 6.07) is 0. The standard InChI is InChI=1S/C9H18N2O4S/c12-9(13)5-1-2-6-10-16(14,15)11-7-3-4-8-11/h10H,1-8H2,(H,12,13). The largest absolute Gasteiger partial charge is 0.481 e. The van der Waals surface area contributed by atoms with E-state index in [1.54, 1.807) is 0 Å². The zero-order valence-electron chi connectivity index (χ0n) is 9.18. The third-order valence-electron chi connectivity index (χ3n) is 2.51. The molecule has 1 heterocycles. The normalized spacial score (nSPS) is 17.8. The molecule has 1 rings (SSSR count). The summed E-state index contributed by atoms with van der Waals surface area (Å²) in [5.41, 5.74) is 0. The van der Waals surface area contributed by atoms with Crippen molar-refractivity contribution in [2.45, 2.75) is 32.1 Å². The van der Waals surface area contributed by atoms with Crippen LogP contribution in [0.25, 0.3) is 0 Å². The molecule has 0 aromatic carbocycles. The second-order valence-corrected chi connectivity index (χ2v) is 5.61. The number of nitrogens with zero attached hydrogens (tertiary/aromatic N) is 1. The Morgan fingerprint density at radius 1 is 1.25 bits per heavy atom. The molecule has 0 bridgehead atoms. The highest BCUT2D eigenvalue weighted by Crippen LogP contribution is 2.11. The summed E-state index contributed by atoms with van der Waals surface area (Å²) in [5.74, 6) is -0.845. The van der Waals surface area contributed by atoms with Gasteiger partial charge in [0, 0.05) is 26.1 Å². The molecule has 0 unspecified atom stereocenters. The van der Waals surface area contributed by atoms with Gasteiger partial charge in [-0.1, -0.05) is 0 Å². The highest BCUT2D eigenvalue weighted by Gasteiger charge is 2.24. The van der Waals surface area contributed by atoms with E-state index < -0.39 is 16.2 Å². The van der Waals surface area contributed by atoms with Crippen molar-refractivity contribution in [3.05, 3.63) is 0 Å². The predicted molar refractivity (Wildman–Crippen MR) is 59.2 cm³/mol. The smallest absolute Gasteiger partial charge is 0.303 e. The maximum Gasteiger partial charge on any atom is 0.303 e. The van der Waals surface area contributed by atoms with Crippen LogP contribution in [0.4, 0.5) is 0 Å². The zero-order chi connectivity index (χ0) is 12.0. The van der Waals surface area contributed by atoms with Crippen LogP contribution in [0.1, 0.15) is 32.1 Å². The van der Waals surface area contributed by atoms with Crippen LogP contribution in [0.15, 0.2) is 0 Å². The average molecular weight is 250 g/mol. The maximum atomic E-state index is 11.6. The highest BCUT2D eigenvalue weighted by molar-refractivity contribution is 7.87. The first-order valence-corrected chi connectivity index (χ1v) is 6.93. The lowest BCUT2D eigenvalue weighted by Crippen LogP contribution is -2.39. The molecule has 2 N–H and O–H groups in total. The van der Waals surface area contributed by atoms with Crippen molar-refractivity contribution < 1.29 is 18.3 Å². The molecular weight excluding hydrogens is 232 g/mol. The molecule has 1 saturated heterocycles. The monoisotopic (exact) mass is 250 g/mol. The number of hydrogen-bond donors (Lipinski definition) is 2. The van der Waals surface area contributed by atoms with Gasteiger partial charge in [-0.15, -0.1) is 0 Å². The minimum absolute atomic E-state index is 0.0887. The van der Waals surface area contributed by atoms with Gasteiger partial charge in [-0.25, -0.2) is 4.72 Å². The summed E-state index contributed by atoms with van der Waals surface area (Å²) >= 11 is 0. The van der Waals surface area contributed by atoms with Crippen LogP contribution in [0.3, 0.4) is 0 Å². The van der Waals surface area contributed by atoms with Gasteiger partial charge in [0.1, 0.15) is 0 Å². The topological polar surface area (TPSA) is 86.7 Å². The van der Waals surface area contributed by atoms with Gasteiger partial charge >= 0.3 is 5.97 Å². The molecule has 1 fully saturated rings. The van der Waals surface area contributed by atoms with E-state index in [1.165, 1.54) is 4.31 Å². The molecule has 0 saturated carbocycles. The Kier molecular flexibility index (Phi) is 5.17. The van der Waals surface area contributed by atoms with E-state index >= 15 is 0 Å². The summed E-state index contributed by atoms with van der Waals surface area (Å²) in [7, 11) is -3.32. The van der Waals surface area contributed by atoms with Crippen molar-refractivity contribution >= 4 is 16.2 Å². The molecule has 7 heteroatoms. The first kappa shape index (κ1) is 13.4. The van der Waals surface area contributed by atoms with E-state index in [4.69, 9.17) is 5.11 Å². The van der Waals surface area contributed by atoms with Gasteiger partial charge < -0.3 is 5.11 Å². The molecule has 0 spiro atoms. The fraction of sp³-hybridized carbons (Fsp3) is 0.889. The summed E-state index contributed by atoms with van der Waals surface area (Å²) in [4.78, 5) is 10.2. The second-order valence-electron chi connectivity index (χ2n) is 3.86. The third kappa shape index (κ3) is 4.46. The van der Waals surface area contributed by atoms with Crippen molar-refractivity contribution in [1.29, 1.82) is 0 Å².